The van der Waals surface area contributed by atoms with Gasteiger partial charge in [0, 0.05) is 32.8 Å². The molecule has 0 spiro atoms. The average molecular weight is 294 g/mol. The summed E-state index contributed by atoms with van der Waals surface area (Å²) in [6, 6.07) is -0.356. The zero-order valence-corrected chi connectivity index (χ0v) is 12.4. The molecule has 2 N–H and O–H groups in total. The van der Waals surface area contributed by atoms with Gasteiger partial charge in [-0.2, -0.15) is 0 Å². The predicted octanol–water partition coefficient (Wildman–Crippen LogP) is 0.173. The molecule has 0 aromatic carbocycles. The number of carbonyl (C=O) groups is 2. The van der Waals surface area contributed by atoms with Crippen molar-refractivity contribution in [2.75, 3.05) is 32.1 Å². The van der Waals surface area contributed by atoms with Crippen molar-refractivity contribution in [3.8, 4) is 0 Å². The van der Waals surface area contributed by atoms with Gasteiger partial charge in [-0.25, -0.2) is 13.2 Å². The zero-order chi connectivity index (χ0) is 15.1. The van der Waals surface area contributed by atoms with E-state index >= 15 is 0 Å². The molecule has 19 heavy (non-hydrogen) atoms. The Morgan fingerprint density at radius 1 is 1.37 bits per heavy atom. The Morgan fingerprint density at radius 3 is 2.42 bits per heavy atom. The Labute approximate surface area is 113 Å². The number of sulfone groups is 1. The fraction of sp³-hybridized carbons (Fsp3) is 0.818. The predicted molar refractivity (Wildman–Crippen MR) is 71.8 cm³/mol. The molecule has 112 valence electrons. The van der Waals surface area contributed by atoms with Gasteiger partial charge in [-0.05, 0) is 12.3 Å². The summed E-state index contributed by atoms with van der Waals surface area (Å²) in [4.78, 5) is 23.3. The lowest BCUT2D eigenvalue weighted by molar-refractivity contribution is -0.137. The maximum Gasteiger partial charge on any atom is 0.317 e. The molecule has 0 saturated heterocycles. The normalized spacial score (nSPS) is 12.8. The monoisotopic (exact) mass is 294 g/mol. The van der Waals surface area contributed by atoms with Gasteiger partial charge >= 0.3 is 12.0 Å². The van der Waals surface area contributed by atoms with E-state index in [1.54, 1.807) is 0 Å². The van der Waals surface area contributed by atoms with E-state index in [0.29, 0.717) is 13.0 Å². The molecule has 0 aliphatic carbocycles. The van der Waals surface area contributed by atoms with Crippen molar-refractivity contribution in [1.82, 2.24) is 10.2 Å². The minimum absolute atomic E-state index is 0.0587. The first-order valence-corrected chi connectivity index (χ1v) is 8.06. The standard InChI is InChI=1S/C11H22N2O5S/c1-9(4-5-10(14)15)8-12-11(16)13(2)6-7-19(3,17)18/h9H,4-8H2,1-3H3,(H,12,16)(H,14,15). The van der Waals surface area contributed by atoms with Crippen LogP contribution in [0.4, 0.5) is 4.79 Å². The van der Waals surface area contributed by atoms with Gasteiger partial charge in [-0.15, -0.1) is 0 Å². The van der Waals surface area contributed by atoms with Crippen LogP contribution in [-0.4, -0.2) is 62.6 Å². The van der Waals surface area contributed by atoms with E-state index in [1.807, 2.05) is 6.92 Å². The highest BCUT2D eigenvalue weighted by atomic mass is 32.2. The second-order valence-electron chi connectivity index (χ2n) is 4.78. The molecule has 0 aliphatic heterocycles. The minimum Gasteiger partial charge on any atom is -0.481 e. The first-order chi connectivity index (χ1) is 8.61. The number of hydrogen-bond donors (Lipinski definition) is 2. The molecular formula is C11H22N2O5S. The van der Waals surface area contributed by atoms with Gasteiger partial charge in [0.05, 0.1) is 5.75 Å². The summed E-state index contributed by atoms with van der Waals surface area (Å²) >= 11 is 0. The van der Waals surface area contributed by atoms with Crippen molar-refractivity contribution >= 4 is 21.8 Å². The minimum atomic E-state index is -3.09. The number of nitrogens with one attached hydrogen (secondary N) is 1. The lowest BCUT2D eigenvalue weighted by Gasteiger charge is -2.19. The van der Waals surface area contributed by atoms with Gasteiger partial charge in [0.2, 0.25) is 0 Å². The van der Waals surface area contributed by atoms with Crippen molar-refractivity contribution in [2.45, 2.75) is 19.8 Å². The summed E-state index contributed by atoms with van der Waals surface area (Å²) in [6.45, 7) is 2.35. The number of amides is 2. The van der Waals surface area contributed by atoms with Crippen LogP contribution in [0.15, 0.2) is 0 Å². The third-order valence-corrected chi connectivity index (χ3v) is 3.52. The van der Waals surface area contributed by atoms with Crippen molar-refractivity contribution < 1.29 is 23.1 Å². The Bertz CT molecular complexity index is 407. The van der Waals surface area contributed by atoms with Gasteiger partial charge in [-0.1, -0.05) is 6.92 Å². The molecule has 0 aliphatic rings. The van der Waals surface area contributed by atoms with Gasteiger partial charge in [-0.3, -0.25) is 4.79 Å². The second-order valence-corrected chi connectivity index (χ2v) is 7.03. The molecule has 0 aromatic heterocycles. The number of carbonyl (C=O) groups excluding carboxylic acids is 1. The quantitative estimate of drug-likeness (QED) is 0.664. The third kappa shape index (κ3) is 10.3. The first-order valence-electron chi connectivity index (χ1n) is 6.00. The van der Waals surface area contributed by atoms with Crippen LogP contribution < -0.4 is 5.32 Å². The molecule has 0 aromatic rings. The largest absolute Gasteiger partial charge is 0.481 e. The smallest absolute Gasteiger partial charge is 0.317 e. The highest BCUT2D eigenvalue weighted by Crippen LogP contribution is 2.04. The van der Waals surface area contributed by atoms with Crippen LogP contribution >= 0.6 is 0 Å². The van der Waals surface area contributed by atoms with Crippen molar-refractivity contribution in [1.29, 1.82) is 0 Å². The topological polar surface area (TPSA) is 104 Å². The fourth-order valence-corrected chi connectivity index (χ4v) is 1.88. The van der Waals surface area contributed by atoms with Gasteiger partial charge in [0.15, 0.2) is 0 Å². The number of rotatable bonds is 8. The molecule has 2 amide bonds. The van der Waals surface area contributed by atoms with E-state index in [1.165, 1.54) is 11.9 Å². The molecule has 0 radical (unpaired) electrons. The van der Waals surface area contributed by atoms with Gasteiger partial charge in [0.25, 0.3) is 0 Å². The second kappa shape index (κ2) is 7.98. The van der Waals surface area contributed by atoms with E-state index in [4.69, 9.17) is 5.11 Å². The molecule has 0 fully saturated rings. The lowest BCUT2D eigenvalue weighted by atomic mass is 10.1. The number of urea groups is 1. The fourth-order valence-electron chi connectivity index (χ4n) is 1.27. The highest BCUT2D eigenvalue weighted by molar-refractivity contribution is 7.90. The summed E-state index contributed by atoms with van der Waals surface area (Å²) in [5.74, 6) is -0.877. The number of carboxylic acids is 1. The Morgan fingerprint density at radius 2 is 1.95 bits per heavy atom. The van der Waals surface area contributed by atoms with E-state index in [0.717, 1.165) is 6.26 Å². The van der Waals surface area contributed by atoms with Crippen molar-refractivity contribution in [2.24, 2.45) is 5.92 Å². The molecular weight excluding hydrogens is 272 g/mol. The third-order valence-electron chi connectivity index (χ3n) is 2.60. The highest BCUT2D eigenvalue weighted by Gasteiger charge is 2.12. The number of aliphatic carboxylic acids is 1. The Balaban J connectivity index is 3.93. The summed E-state index contributed by atoms with van der Waals surface area (Å²) < 4.78 is 21.9. The summed E-state index contributed by atoms with van der Waals surface area (Å²) in [6.07, 6.45) is 1.68. The average Bonchev–Trinajstić information content (AvgIpc) is 2.29. The van der Waals surface area contributed by atoms with Crippen LogP contribution in [-0.2, 0) is 14.6 Å². The van der Waals surface area contributed by atoms with E-state index in [2.05, 4.69) is 5.32 Å². The van der Waals surface area contributed by atoms with Crippen molar-refractivity contribution in [3.63, 3.8) is 0 Å². The Kier molecular flexibility index (Phi) is 7.43. The van der Waals surface area contributed by atoms with Gasteiger partial charge in [0.1, 0.15) is 9.84 Å². The van der Waals surface area contributed by atoms with Crippen LogP contribution in [0.25, 0.3) is 0 Å². The maximum atomic E-state index is 11.6. The number of hydrogen-bond acceptors (Lipinski definition) is 4. The van der Waals surface area contributed by atoms with Gasteiger partial charge < -0.3 is 15.3 Å². The lowest BCUT2D eigenvalue weighted by Crippen LogP contribution is -2.41. The molecule has 0 heterocycles. The van der Waals surface area contributed by atoms with E-state index in [9.17, 15) is 18.0 Å². The van der Waals surface area contributed by atoms with Crippen molar-refractivity contribution in [3.05, 3.63) is 0 Å². The van der Waals surface area contributed by atoms with Crippen LogP contribution in [0.1, 0.15) is 19.8 Å². The maximum absolute atomic E-state index is 11.6. The van der Waals surface area contributed by atoms with Crippen LogP contribution in [0, 0.1) is 5.92 Å². The first kappa shape index (κ1) is 17.7. The van der Waals surface area contributed by atoms with E-state index in [-0.39, 0.29) is 30.7 Å². The molecule has 1 atom stereocenters. The summed E-state index contributed by atoms with van der Waals surface area (Å²) in [7, 11) is -1.57. The molecule has 7 nitrogen and oxygen atoms in total. The molecule has 8 heteroatoms. The van der Waals surface area contributed by atoms with Crippen LogP contribution in [0.5, 0.6) is 0 Å². The molecule has 0 bridgehead atoms. The van der Waals surface area contributed by atoms with E-state index < -0.39 is 15.8 Å². The van der Waals surface area contributed by atoms with Crippen LogP contribution in [0.3, 0.4) is 0 Å². The SMILES string of the molecule is CC(CCC(=O)O)CNC(=O)N(C)CCS(C)(=O)=O. The number of carboxylic acid groups (broad SMARTS) is 1. The Hall–Kier alpha value is -1.31. The zero-order valence-electron chi connectivity index (χ0n) is 11.5. The molecule has 0 saturated carbocycles. The molecule has 0 rings (SSSR count). The number of nitrogens with zero attached hydrogens (tertiary/aromatic N) is 1. The summed E-state index contributed by atoms with van der Waals surface area (Å²) in [5.41, 5.74) is 0. The van der Waals surface area contributed by atoms with Crippen LogP contribution in [0.2, 0.25) is 0 Å². The summed E-state index contributed by atoms with van der Waals surface area (Å²) in [5, 5.41) is 11.2. The molecule has 1 unspecified atom stereocenters.